The number of amides is 1. The highest BCUT2D eigenvalue weighted by Gasteiger charge is 2.11. The molecule has 0 fully saturated rings. The van der Waals surface area contributed by atoms with Crippen LogP contribution in [0.5, 0.6) is 0 Å². The summed E-state index contributed by atoms with van der Waals surface area (Å²) in [4.78, 5) is 27.4. The van der Waals surface area contributed by atoms with E-state index in [0.29, 0.717) is 17.6 Å². The molecule has 2 N–H and O–H groups in total. The van der Waals surface area contributed by atoms with Crippen molar-refractivity contribution < 1.29 is 4.79 Å². The highest BCUT2D eigenvalue weighted by molar-refractivity contribution is 5.75. The molecule has 0 spiro atoms. The van der Waals surface area contributed by atoms with Gasteiger partial charge >= 0.3 is 0 Å². The first-order valence-corrected chi connectivity index (χ1v) is 5.87. The number of carbonyl (C=O) groups is 1. The number of aromatic amines is 1. The minimum atomic E-state index is -0.101. The van der Waals surface area contributed by atoms with Crippen LogP contribution in [-0.4, -0.2) is 20.5 Å². The molecule has 0 aliphatic heterocycles. The number of aromatic nitrogens is 3. The maximum Gasteiger partial charge on any atom is 0.219 e. The van der Waals surface area contributed by atoms with Crippen molar-refractivity contribution in [2.75, 3.05) is 0 Å². The van der Waals surface area contributed by atoms with Gasteiger partial charge in [0.1, 0.15) is 5.82 Å². The monoisotopic (exact) mass is 248 g/mol. The van der Waals surface area contributed by atoms with E-state index in [1.165, 1.54) is 6.07 Å². The lowest BCUT2D eigenvalue weighted by atomic mass is 10.2. The minimum Gasteiger partial charge on any atom is -0.352 e. The highest BCUT2D eigenvalue weighted by Crippen LogP contribution is 2.06. The zero-order chi connectivity index (χ0) is 13.3. The third kappa shape index (κ3) is 2.13. The normalized spacial score (nSPS) is 10.8. The number of pyridine rings is 1. The number of hydrogen-bond donors (Lipinski definition) is 2. The smallest absolute Gasteiger partial charge is 0.219 e. The Hall–Kier alpha value is -2.11. The van der Waals surface area contributed by atoms with Crippen LogP contribution in [0.1, 0.15) is 30.4 Å². The van der Waals surface area contributed by atoms with Gasteiger partial charge in [0.15, 0.2) is 11.1 Å². The molecule has 6 nitrogen and oxygen atoms in total. The summed E-state index contributed by atoms with van der Waals surface area (Å²) < 4.78 is 1.75. The summed E-state index contributed by atoms with van der Waals surface area (Å²) in [6, 6.07) is 1.48. The number of carbonyl (C=O) groups excluding carboxylic acids is 1. The summed E-state index contributed by atoms with van der Waals surface area (Å²) in [5.74, 6) is 0.673. The van der Waals surface area contributed by atoms with E-state index in [0.717, 1.165) is 11.5 Å². The van der Waals surface area contributed by atoms with Gasteiger partial charge in [-0.15, -0.1) is 0 Å². The summed E-state index contributed by atoms with van der Waals surface area (Å²) in [5.41, 5.74) is 1.85. The van der Waals surface area contributed by atoms with E-state index in [2.05, 4.69) is 15.4 Å². The molecule has 2 aromatic heterocycles. The van der Waals surface area contributed by atoms with E-state index in [9.17, 15) is 9.59 Å². The van der Waals surface area contributed by atoms with Gasteiger partial charge in [0.25, 0.3) is 0 Å². The SMILES string of the molecule is CCC(=O)NCc1c(C)n2[nH]c(C)nc2cc1=O. The lowest BCUT2D eigenvalue weighted by Crippen LogP contribution is -2.26. The van der Waals surface area contributed by atoms with Gasteiger partial charge in [0.05, 0.1) is 0 Å². The van der Waals surface area contributed by atoms with E-state index < -0.39 is 0 Å². The number of aryl methyl sites for hydroxylation is 2. The fourth-order valence-electron chi connectivity index (χ4n) is 1.86. The molecule has 2 aromatic rings. The van der Waals surface area contributed by atoms with Crippen LogP contribution in [0.2, 0.25) is 0 Å². The van der Waals surface area contributed by atoms with Crippen LogP contribution in [0.25, 0.3) is 5.65 Å². The van der Waals surface area contributed by atoms with Crippen molar-refractivity contribution in [3.05, 3.63) is 33.4 Å². The average molecular weight is 248 g/mol. The Kier molecular flexibility index (Phi) is 3.18. The van der Waals surface area contributed by atoms with E-state index in [1.807, 2.05) is 13.8 Å². The van der Waals surface area contributed by atoms with E-state index in [4.69, 9.17) is 0 Å². The lowest BCUT2D eigenvalue weighted by Gasteiger charge is -2.07. The quantitative estimate of drug-likeness (QED) is 0.837. The Bertz CT molecular complexity index is 654. The minimum absolute atomic E-state index is 0.0697. The molecule has 96 valence electrons. The standard InChI is InChI=1S/C12H16N4O2/c1-4-12(18)13-6-9-7(2)16-11(5-10(9)17)14-8(3)15-16/h5H,4,6H2,1-3H3,(H,13,18)(H,14,15). The van der Waals surface area contributed by atoms with Crippen molar-refractivity contribution >= 4 is 11.6 Å². The van der Waals surface area contributed by atoms with Crippen LogP contribution in [0, 0.1) is 13.8 Å². The third-order valence-corrected chi connectivity index (χ3v) is 2.90. The van der Waals surface area contributed by atoms with Gasteiger partial charge in [0.2, 0.25) is 5.91 Å². The number of nitrogens with zero attached hydrogens (tertiary/aromatic N) is 2. The van der Waals surface area contributed by atoms with Gasteiger partial charge in [0, 0.05) is 30.3 Å². The van der Waals surface area contributed by atoms with Crippen LogP contribution >= 0.6 is 0 Å². The number of H-pyrrole nitrogens is 1. The number of nitrogens with one attached hydrogen (secondary N) is 2. The molecule has 0 bridgehead atoms. The molecule has 0 aliphatic rings. The predicted octanol–water partition coefficient (Wildman–Crippen LogP) is 0.666. The van der Waals surface area contributed by atoms with Crippen LogP contribution in [0.4, 0.5) is 0 Å². The van der Waals surface area contributed by atoms with Crippen LogP contribution < -0.4 is 10.7 Å². The molecule has 2 heterocycles. The Morgan fingerprint density at radius 1 is 1.50 bits per heavy atom. The number of hydrogen-bond acceptors (Lipinski definition) is 3. The molecule has 0 saturated carbocycles. The molecule has 0 radical (unpaired) electrons. The average Bonchev–Trinajstić information content (AvgIpc) is 2.69. The highest BCUT2D eigenvalue weighted by atomic mass is 16.1. The summed E-state index contributed by atoms with van der Waals surface area (Å²) in [5, 5.41) is 5.77. The zero-order valence-electron chi connectivity index (χ0n) is 10.7. The fourth-order valence-corrected chi connectivity index (χ4v) is 1.86. The van der Waals surface area contributed by atoms with Gasteiger partial charge in [-0.1, -0.05) is 6.92 Å². The van der Waals surface area contributed by atoms with E-state index >= 15 is 0 Å². The van der Waals surface area contributed by atoms with Crippen molar-refractivity contribution in [2.45, 2.75) is 33.7 Å². The Balaban J connectivity index is 2.44. The van der Waals surface area contributed by atoms with Crippen molar-refractivity contribution in [1.29, 1.82) is 0 Å². The number of fused-ring (bicyclic) bond motifs is 1. The maximum absolute atomic E-state index is 11.9. The second-order valence-corrected chi connectivity index (χ2v) is 4.21. The van der Waals surface area contributed by atoms with Crippen molar-refractivity contribution in [3.63, 3.8) is 0 Å². The Morgan fingerprint density at radius 2 is 2.22 bits per heavy atom. The lowest BCUT2D eigenvalue weighted by molar-refractivity contribution is -0.120. The van der Waals surface area contributed by atoms with Crippen LogP contribution in [0.15, 0.2) is 10.9 Å². The summed E-state index contributed by atoms with van der Waals surface area (Å²) in [6.45, 7) is 5.68. The zero-order valence-corrected chi connectivity index (χ0v) is 10.7. The van der Waals surface area contributed by atoms with Crippen LogP contribution in [-0.2, 0) is 11.3 Å². The number of rotatable bonds is 3. The predicted molar refractivity (Wildman–Crippen MR) is 67.4 cm³/mol. The first-order chi connectivity index (χ1) is 8.52. The van der Waals surface area contributed by atoms with Gasteiger partial charge in [-0.05, 0) is 13.8 Å². The molecule has 2 rings (SSSR count). The Labute approximate surface area is 104 Å². The van der Waals surface area contributed by atoms with Gasteiger partial charge in [-0.3, -0.25) is 14.7 Å². The second-order valence-electron chi connectivity index (χ2n) is 4.21. The fraction of sp³-hybridized carbons (Fsp3) is 0.417. The molecular weight excluding hydrogens is 232 g/mol. The molecule has 6 heteroatoms. The summed E-state index contributed by atoms with van der Waals surface area (Å²) in [7, 11) is 0. The van der Waals surface area contributed by atoms with Crippen molar-refractivity contribution in [3.8, 4) is 0 Å². The first kappa shape index (κ1) is 12.3. The molecule has 18 heavy (non-hydrogen) atoms. The summed E-state index contributed by atoms with van der Waals surface area (Å²) >= 11 is 0. The molecule has 0 aromatic carbocycles. The second kappa shape index (κ2) is 4.64. The molecule has 0 aliphatic carbocycles. The van der Waals surface area contributed by atoms with E-state index in [-0.39, 0.29) is 17.9 Å². The van der Waals surface area contributed by atoms with Gasteiger partial charge < -0.3 is 5.32 Å². The van der Waals surface area contributed by atoms with E-state index in [1.54, 1.807) is 11.4 Å². The third-order valence-electron chi connectivity index (χ3n) is 2.90. The molecular formula is C12H16N4O2. The first-order valence-electron chi connectivity index (χ1n) is 5.87. The molecule has 0 saturated heterocycles. The van der Waals surface area contributed by atoms with Crippen LogP contribution in [0.3, 0.4) is 0 Å². The molecule has 0 unspecified atom stereocenters. The maximum atomic E-state index is 11.9. The molecule has 0 atom stereocenters. The van der Waals surface area contributed by atoms with Gasteiger partial charge in [-0.25, -0.2) is 9.50 Å². The summed E-state index contributed by atoms with van der Waals surface area (Å²) in [6.07, 6.45) is 0.409. The van der Waals surface area contributed by atoms with Gasteiger partial charge in [-0.2, -0.15) is 0 Å². The van der Waals surface area contributed by atoms with Crippen molar-refractivity contribution in [2.24, 2.45) is 0 Å². The molecule has 1 amide bonds. The largest absolute Gasteiger partial charge is 0.352 e. The Morgan fingerprint density at radius 3 is 2.89 bits per heavy atom. The van der Waals surface area contributed by atoms with Crippen molar-refractivity contribution in [1.82, 2.24) is 19.9 Å². The topological polar surface area (TPSA) is 79.3 Å².